The predicted octanol–water partition coefficient (Wildman–Crippen LogP) is 4.61. The van der Waals surface area contributed by atoms with Crippen molar-refractivity contribution in [2.45, 2.75) is 31.3 Å². The van der Waals surface area contributed by atoms with E-state index < -0.39 is 10.0 Å². The Morgan fingerprint density at radius 1 is 0.969 bits per heavy atom. The first-order chi connectivity index (χ1) is 15.4. The van der Waals surface area contributed by atoms with Crippen molar-refractivity contribution in [1.29, 1.82) is 0 Å². The number of carbonyl (C=O) groups is 1. The van der Waals surface area contributed by atoms with Crippen LogP contribution in [0.3, 0.4) is 0 Å². The third-order valence-electron chi connectivity index (χ3n) is 5.44. The normalized spacial score (nSPS) is 14.3. The van der Waals surface area contributed by atoms with E-state index in [1.807, 2.05) is 49.4 Å². The molecule has 0 bridgehead atoms. The standard InChI is InChI=1S/C25H26N2O4S/c1-19-9-14-23(24(17-19)31-18-20-7-3-2-4-8-20)26-25(28)21-10-12-22(13-11-21)32(29,30)27-15-5-6-16-27/h2-4,7-14,17H,5-6,15-16,18H2,1H3,(H,26,28). The summed E-state index contributed by atoms with van der Waals surface area (Å²) < 4.78 is 32.8. The molecule has 6 nitrogen and oxygen atoms in total. The average molecular weight is 451 g/mol. The van der Waals surface area contributed by atoms with Crippen LogP contribution < -0.4 is 10.1 Å². The molecule has 7 heteroatoms. The molecule has 0 unspecified atom stereocenters. The van der Waals surface area contributed by atoms with E-state index in [-0.39, 0.29) is 10.8 Å². The molecule has 1 fully saturated rings. The number of hydrogen-bond acceptors (Lipinski definition) is 4. The molecule has 3 aromatic rings. The van der Waals surface area contributed by atoms with Crippen molar-refractivity contribution < 1.29 is 17.9 Å². The number of carbonyl (C=O) groups excluding carboxylic acids is 1. The lowest BCUT2D eigenvalue weighted by molar-refractivity contribution is 0.102. The van der Waals surface area contributed by atoms with Gasteiger partial charge < -0.3 is 10.1 Å². The van der Waals surface area contributed by atoms with Crippen LogP contribution in [0.25, 0.3) is 0 Å². The zero-order valence-corrected chi connectivity index (χ0v) is 18.8. The first kappa shape index (κ1) is 22.0. The van der Waals surface area contributed by atoms with E-state index in [0.29, 0.717) is 36.7 Å². The van der Waals surface area contributed by atoms with Crippen molar-refractivity contribution in [3.8, 4) is 5.75 Å². The third-order valence-corrected chi connectivity index (χ3v) is 7.35. The largest absolute Gasteiger partial charge is 0.487 e. The van der Waals surface area contributed by atoms with Gasteiger partial charge in [0.1, 0.15) is 12.4 Å². The smallest absolute Gasteiger partial charge is 0.255 e. The number of anilines is 1. The number of rotatable bonds is 7. The summed E-state index contributed by atoms with van der Waals surface area (Å²) in [6.45, 7) is 3.43. The lowest BCUT2D eigenvalue weighted by Crippen LogP contribution is -2.27. The van der Waals surface area contributed by atoms with E-state index >= 15 is 0 Å². The number of benzene rings is 3. The Labute approximate surface area is 188 Å². The number of nitrogens with one attached hydrogen (secondary N) is 1. The molecular formula is C25H26N2O4S. The van der Waals surface area contributed by atoms with Crippen LogP contribution in [0.15, 0.2) is 77.7 Å². The summed E-state index contributed by atoms with van der Waals surface area (Å²) in [6.07, 6.45) is 1.76. The minimum Gasteiger partial charge on any atom is -0.487 e. The fourth-order valence-electron chi connectivity index (χ4n) is 3.64. The molecule has 32 heavy (non-hydrogen) atoms. The number of amides is 1. The van der Waals surface area contributed by atoms with Crippen LogP contribution in [0.2, 0.25) is 0 Å². The van der Waals surface area contributed by atoms with Crippen molar-refractivity contribution in [3.63, 3.8) is 0 Å². The van der Waals surface area contributed by atoms with Crippen LogP contribution in [-0.4, -0.2) is 31.7 Å². The topological polar surface area (TPSA) is 75.7 Å². The Hall–Kier alpha value is -3.16. The molecular weight excluding hydrogens is 424 g/mol. The minimum atomic E-state index is -3.50. The monoisotopic (exact) mass is 450 g/mol. The van der Waals surface area contributed by atoms with Crippen molar-refractivity contribution in [1.82, 2.24) is 4.31 Å². The first-order valence-electron chi connectivity index (χ1n) is 10.6. The molecule has 0 radical (unpaired) electrons. The van der Waals surface area contributed by atoms with E-state index in [1.54, 1.807) is 6.07 Å². The molecule has 0 saturated carbocycles. The number of ether oxygens (including phenoxy) is 1. The van der Waals surface area contributed by atoms with Gasteiger partial charge >= 0.3 is 0 Å². The van der Waals surface area contributed by atoms with Gasteiger partial charge in [0.15, 0.2) is 0 Å². The van der Waals surface area contributed by atoms with Crippen LogP contribution in [0.4, 0.5) is 5.69 Å². The van der Waals surface area contributed by atoms with Crippen molar-refractivity contribution in [2.24, 2.45) is 0 Å². The van der Waals surface area contributed by atoms with Gasteiger partial charge in [-0.2, -0.15) is 4.31 Å². The molecule has 166 valence electrons. The van der Waals surface area contributed by atoms with Crippen molar-refractivity contribution in [2.75, 3.05) is 18.4 Å². The molecule has 3 aromatic carbocycles. The van der Waals surface area contributed by atoms with Gasteiger partial charge in [-0.05, 0) is 67.3 Å². The first-order valence-corrected chi connectivity index (χ1v) is 12.1. The maximum absolute atomic E-state index is 12.8. The highest BCUT2D eigenvalue weighted by Crippen LogP contribution is 2.28. The predicted molar refractivity (Wildman–Crippen MR) is 124 cm³/mol. The molecule has 0 spiro atoms. The molecule has 1 aliphatic rings. The summed E-state index contributed by atoms with van der Waals surface area (Å²) in [4.78, 5) is 13.0. The van der Waals surface area contributed by atoms with Crippen LogP contribution in [0.1, 0.15) is 34.3 Å². The van der Waals surface area contributed by atoms with Crippen molar-refractivity contribution >= 4 is 21.6 Å². The van der Waals surface area contributed by atoms with E-state index in [9.17, 15) is 13.2 Å². The second-order valence-corrected chi connectivity index (χ2v) is 9.80. The molecule has 1 saturated heterocycles. The van der Waals surface area contributed by atoms with Crippen LogP contribution in [0, 0.1) is 6.92 Å². The van der Waals surface area contributed by atoms with E-state index in [0.717, 1.165) is 24.0 Å². The highest BCUT2D eigenvalue weighted by molar-refractivity contribution is 7.89. The lowest BCUT2D eigenvalue weighted by atomic mass is 10.1. The zero-order chi connectivity index (χ0) is 22.6. The maximum atomic E-state index is 12.8. The summed E-state index contributed by atoms with van der Waals surface area (Å²) in [6, 6.07) is 21.4. The van der Waals surface area contributed by atoms with Crippen LogP contribution >= 0.6 is 0 Å². The number of hydrogen-bond donors (Lipinski definition) is 1. The molecule has 0 aromatic heterocycles. The van der Waals surface area contributed by atoms with Gasteiger partial charge in [0.05, 0.1) is 10.6 Å². The van der Waals surface area contributed by atoms with Crippen LogP contribution in [-0.2, 0) is 16.6 Å². The molecule has 1 aliphatic heterocycles. The van der Waals surface area contributed by atoms with Gasteiger partial charge in [0.25, 0.3) is 5.91 Å². The summed E-state index contributed by atoms with van der Waals surface area (Å²) in [5.74, 6) is 0.249. The maximum Gasteiger partial charge on any atom is 0.255 e. The summed E-state index contributed by atoms with van der Waals surface area (Å²) in [5, 5.41) is 2.88. The van der Waals surface area contributed by atoms with E-state index in [4.69, 9.17) is 4.74 Å². The number of sulfonamides is 1. The second-order valence-electron chi connectivity index (χ2n) is 7.86. The second kappa shape index (κ2) is 9.54. The lowest BCUT2D eigenvalue weighted by Gasteiger charge is -2.16. The Balaban J connectivity index is 1.48. The van der Waals surface area contributed by atoms with Crippen molar-refractivity contribution in [3.05, 3.63) is 89.5 Å². The molecule has 4 rings (SSSR count). The molecule has 0 atom stereocenters. The SMILES string of the molecule is Cc1ccc(NC(=O)c2ccc(S(=O)(=O)N3CCCC3)cc2)c(OCc2ccccc2)c1. The highest BCUT2D eigenvalue weighted by Gasteiger charge is 2.27. The van der Waals surface area contributed by atoms with Gasteiger partial charge in [0, 0.05) is 18.7 Å². The van der Waals surface area contributed by atoms with Gasteiger partial charge in [0.2, 0.25) is 10.0 Å². The summed E-state index contributed by atoms with van der Waals surface area (Å²) >= 11 is 0. The quantitative estimate of drug-likeness (QED) is 0.570. The Morgan fingerprint density at radius 3 is 2.34 bits per heavy atom. The fraction of sp³-hybridized carbons (Fsp3) is 0.240. The number of nitrogens with zero attached hydrogens (tertiary/aromatic N) is 1. The molecule has 1 N–H and O–H groups in total. The fourth-order valence-corrected chi connectivity index (χ4v) is 5.15. The van der Waals surface area contributed by atoms with Gasteiger partial charge in [-0.15, -0.1) is 0 Å². The molecule has 1 heterocycles. The highest BCUT2D eigenvalue weighted by atomic mass is 32.2. The Kier molecular flexibility index (Phi) is 6.58. The summed E-state index contributed by atoms with van der Waals surface area (Å²) in [5.41, 5.74) is 2.98. The Morgan fingerprint density at radius 2 is 1.66 bits per heavy atom. The van der Waals surface area contributed by atoms with Gasteiger partial charge in [-0.1, -0.05) is 36.4 Å². The van der Waals surface area contributed by atoms with E-state index in [1.165, 1.54) is 28.6 Å². The van der Waals surface area contributed by atoms with Crippen LogP contribution in [0.5, 0.6) is 5.75 Å². The average Bonchev–Trinajstić information content (AvgIpc) is 3.36. The minimum absolute atomic E-state index is 0.207. The molecule has 1 amide bonds. The zero-order valence-electron chi connectivity index (χ0n) is 18.0. The number of aryl methyl sites for hydroxylation is 1. The van der Waals surface area contributed by atoms with Gasteiger partial charge in [-0.3, -0.25) is 4.79 Å². The summed E-state index contributed by atoms with van der Waals surface area (Å²) in [7, 11) is -3.50. The third kappa shape index (κ3) is 5.00. The van der Waals surface area contributed by atoms with E-state index in [2.05, 4.69) is 5.32 Å². The Bertz CT molecular complexity index is 1190. The molecule has 0 aliphatic carbocycles. The van der Waals surface area contributed by atoms with Gasteiger partial charge in [-0.25, -0.2) is 8.42 Å².